The summed E-state index contributed by atoms with van der Waals surface area (Å²) in [5.41, 5.74) is 5.91. The fourth-order valence-corrected chi connectivity index (χ4v) is 4.40. The molecule has 0 bridgehead atoms. The average molecular weight is 390 g/mol. The van der Waals surface area contributed by atoms with E-state index >= 15 is 0 Å². The van der Waals surface area contributed by atoms with Crippen molar-refractivity contribution in [1.82, 2.24) is 4.90 Å². The zero-order valence-corrected chi connectivity index (χ0v) is 16.5. The van der Waals surface area contributed by atoms with E-state index in [0.717, 1.165) is 64.1 Å². The van der Waals surface area contributed by atoms with Crippen LogP contribution in [0.3, 0.4) is 0 Å². The van der Waals surface area contributed by atoms with Gasteiger partial charge in [-0.25, -0.2) is 0 Å². The number of rotatable bonds is 6. The maximum Gasteiger partial charge on any atom is 0.220 e. The molecule has 1 amide bonds. The molecule has 2 fully saturated rings. The molecule has 0 spiro atoms. The Morgan fingerprint density at radius 1 is 1.22 bits per heavy atom. The topological polar surface area (TPSA) is 79.3 Å². The summed E-state index contributed by atoms with van der Waals surface area (Å²) in [6.45, 7) is 3.16. The van der Waals surface area contributed by atoms with E-state index in [9.17, 15) is 10.1 Å². The van der Waals surface area contributed by atoms with Crippen molar-refractivity contribution < 1.29 is 9.53 Å². The molecule has 1 aromatic rings. The molecule has 0 aromatic heterocycles. The molecule has 1 aliphatic carbocycles. The van der Waals surface area contributed by atoms with Crippen LogP contribution in [0.25, 0.3) is 0 Å². The highest BCUT2D eigenvalue weighted by atomic mass is 35.5. The van der Waals surface area contributed by atoms with Crippen molar-refractivity contribution >= 4 is 17.5 Å². The third-order valence-corrected chi connectivity index (χ3v) is 6.23. The van der Waals surface area contributed by atoms with Gasteiger partial charge >= 0.3 is 0 Å². The van der Waals surface area contributed by atoms with Gasteiger partial charge in [-0.1, -0.05) is 11.6 Å². The predicted octanol–water partition coefficient (Wildman–Crippen LogP) is 3.74. The summed E-state index contributed by atoms with van der Waals surface area (Å²) in [4.78, 5) is 13.8. The van der Waals surface area contributed by atoms with Crippen LogP contribution in [0.4, 0.5) is 0 Å². The van der Waals surface area contributed by atoms with Crippen LogP contribution in [0.2, 0.25) is 5.02 Å². The first-order chi connectivity index (χ1) is 13.0. The van der Waals surface area contributed by atoms with Crippen molar-refractivity contribution in [2.24, 2.45) is 17.6 Å². The second-order valence-electron chi connectivity index (χ2n) is 7.82. The number of amides is 1. The van der Waals surface area contributed by atoms with Crippen molar-refractivity contribution in [3.63, 3.8) is 0 Å². The van der Waals surface area contributed by atoms with Crippen LogP contribution < -0.4 is 10.5 Å². The number of carbonyl (C=O) groups excluding carboxylic acids is 1. The number of likely N-dealkylation sites (tertiary alicyclic amines) is 1. The summed E-state index contributed by atoms with van der Waals surface area (Å²) in [6.07, 6.45) is 7.47. The average Bonchev–Trinajstić information content (AvgIpc) is 2.69. The van der Waals surface area contributed by atoms with E-state index in [2.05, 4.69) is 11.0 Å². The van der Waals surface area contributed by atoms with Crippen LogP contribution in [0.1, 0.15) is 50.5 Å². The number of hydrogen-bond acceptors (Lipinski definition) is 4. The quantitative estimate of drug-likeness (QED) is 0.803. The molecule has 1 saturated heterocycles. The molecule has 1 aliphatic heterocycles. The Morgan fingerprint density at radius 3 is 2.56 bits per heavy atom. The Bertz CT molecular complexity index is 687. The third kappa shape index (κ3) is 5.60. The number of carbonyl (C=O) groups is 1. The van der Waals surface area contributed by atoms with E-state index in [4.69, 9.17) is 22.1 Å². The smallest absolute Gasteiger partial charge is 0.220 e. The second kappa shape index (κ2) is 9.43. The Labute approximate surface area is 166 Å². The Balaban J connectivity index is 1.38. The molecule has 3 rings (SSSR count). The van der Waals surface area contributed by atoms with Gasteiger partial charge in [0.2, 0.25) is 5.91 Å². The first kappa shape index (κ1) is 20.0. The monoisotopic (exact) mass is 389 g/mol. The highest BCUT2D eigenvalue weighted by molar-refractivity contribution is 6.30. The molecule has 0 unspecified atom stereocenters. The molecule has 1 heterocycles. The minimum atomic E-state index is -0.129. The van der Waals surface area contributed by atoms with Crippen molar-refractivity contribution in [3.8, 4) is 11.8 Å². The Morgan fingerprint density at radius 2 is 1.93 bits per heavy atom. The molecule has 2 N–H and O–H groups in total. The lowest BCUT2D eigenvalue weighted by Gasteiger charge is -2.34. The molecule has 6 heteroatoms. The lowest BCUT2D eigenvalue weighted by Crippen LogP contribution is -2.39. The van der Waals surface area contributed by atoms with Gasteiger partial charge in [-0.15, -0.1) is 0 Å². The van der Waals surface area contributed by atoms with E-state index in [0.29, 0.717) is 16.3 Å². The van der Waals surface area contributed by atoms with Crippen LogP contribution in [0.5, 0.6) is 5.75 Å². The molecular formula is C21H28ClN3O2. The maximum absolute atomic E-state index is 11.3. The minimum Gasteiger partial charge on any atom is -0.489 e. The number of primary amides is 1. The number of nitrogens with zero attached hydrogens (tertiary/aromatic N) is 2. The highest BCUT2D eigenvalue weighted by Gasteiger charge is 2.26. The number of benzene rings is 1. The zero-order valence-electron chi connectivity index (χ0n) is 15.7. The number of piperidine rings is 1. The number of nitrogens with two attached hydrogens (primary N) is 1. The minimum absolute atomic E-state index is 0.0975. The third-order valence-electron chi connectivity index (χ3n) is 5.99. The fraction of sp³-hybridized carbons (Fsp3) is 0.619. The van der Waals surface area contributed by atoms with Gasteiger partial charge in [0, 0.05) is 24.0 Å². The zero-order chi connectivity index (χ0) is 19.2. The normalized spacial score (nSPS) is 24.3. The molecular weight excluding hydrogens is 362 g/mol. The predicted molar refractivity (Wildman–Crippen MR) is 106 cm³/mol. The number of halogens is 1. The van der Waals surface area contributed by atoms with Gasteiger partial charge in [-0.05, 0) is 75.6 Å². The molecule has 5 nitrogen and oxygen atoms in total. The summed E-state index contributed by atoms with van der Waals surface area (Å²) in [6, 6.07) is 7.36. The van der Waals surface area contributed by atoms with E-state index in [-0.39, 0.29) is 17.9 Å². The van der Waals surface area contributed by atoms with E-state index < -0.39 is 0 Å². The van der Waals surface area contributed by atoms with Gasteiger partial charge < -0.3 is 15.4 Å². The van der Waals surface area contributed by atoms with Crippen LogP contribution in [-0.4, -0.2) is 36.5 Å². The van der Waals surface area contributed by atoms with Gasteiger partial charge in [0.25, 0.3) is 0 Å². The number of hydrogen-bond donors (Lipinski definition) is 1. The summed E-state index contributed by atoms with van der Waals surface area (Å²) >= 11 is 5.94. The Kier molecular flexibility index (Phi) is 6.98. The first-order valence-corrected chi connectivity index (χ1v) is 10.3. The van der Waals surface area contributed by atoms with Crippen molar-refractivity contribution in [1.29, 1.82) is 5.26 Å². The largest absolute Gasteiger partial charge is 0.489 e. The van der Waals surface area contributed by atoms with Crippen molar-refractivity contribution in [2.75, 3.05) is 19.6 Å². The van der Waals surface area contributed by atoms with Gasteiger partial charge in [0.15, 0.2) is 0 Å². The fourth-order valence-electron chi connectivity index (χ4n) is 4.22. The lowest BCUT2D eigenvalue weighted by atomic mass is 9.80. The van der Waals surface area contributed by atoms with E-state index in [1.165, 1.54) is 6.42 Å². The highest BCUT2D eigenvalue weighted by Crippen LogP contribution is 2.31. The summed E-state index contributed by atoms with van der Waals surface area (Å²) in [7, 11) is 0. The SMILES string of the molecule is N#Cc1cc(Cl)ccc1OC1CCN(CCC2CCC(C(N)=O)CC2)CC1. The molecule has 1 saturated carbocycles. The maximum atomic E-state index is 11.3. The molecule has 27 heavy (non-hydrogen) atoms. The van der Waals surface area contributed by atoms with Gasteiger partial charge in [-0.3, -0.25) is 4.79 Å². The number of ether oxygens (including phenoxy) is 1. The van der Waals surface area contributed by atoms with E-state index in [1.54, 1.807) is 18.2 Å². The molecule has 1 aromatic carbocycles. The van der Waals surface area contributed by atoms with Crippen molar-refractivity contribution in [3.05, 3.63) is 28.8 Å². The summed E-state index contributed by atoms with van der Waals surface area (Å²) in [5.74, 6) is 1.32. The first-order valence-electron chi connectivity index (χ1n) is 9.93. The van der Waals surface area contributed by atoms with Crippen LogP contribution in [-0.2, 0) is 4.79 Å². The standard InChI is InChI=1S/C21H28ClN3O2/c22-18-5-6-20(17(13-18)14-23)27-19-8-11-25(12-9-19)10-7-15-1-3-16(4-2-15)21(24)26/h5-6,13,15-16,19H,1-4,7-12H2,(H2,24,26). The molecule has 146 valence electrons. The molecule has 0 atom stereocenters. The van der Waals surface area contributed by atoms with Gasteiger partial charge in [-0.2, -0.15) is 5.26 Å². The summed E-state index contributed by atoms with van der Waals surface area (Å²) < 4.78 is 6.06. The van der Waals surface area contributed by atoms with Gasteiger partial charge in [0.1, 0.15) is 17.9 Å². The summed E-state index contributed by atoms with van der Waals surface area (Å²) in [5, 5.41) is 9.79. The lowest BCUT2D eigenvalue weighted by molar-refractivity contribution is -0.123. The number of nitriles is 1. The van der Waals surface area contributed by atoms with Crippen LogP contribution in [0.15, 0.2) is 18.2 Å². The van der Waals surface area contributed by atoms with E-state index in [1.807, 2.05) is 0 Å². The van der Waals surface area contributed by atoms with Crippen LogP contribution >= 0.6 is 11.6 Å². The molecule has 0 radical (unpaired) electrons. The second-order valence-corrected chi connectivity index (χ2v) is 8.26. The molecule has 2 aliphatic rings. The van der Waals surface area contributed by atoms with Crippen LogP contribution in [0, 0.1) is 23.2 Å². The Hall–Kier alpha value is -1.77. The van der Waals surface area contributed by atoms with Crippen molar-refractivity contribution in [2.45, 2.75) is 51.0 Å². The van der Waals surface area contributed by atoms with Gasteiger partial charge in [0.05, 0.1) is 5.56 Å².